The van der Waals surface area contributed by atoms with Crippen molar-refractivity contribution in [2.45, 2.75) is 0 Å². The van der Waals surface area contributed by atoms with E-state index in [-0.39, 0.29) is 22.9 Å². The maximum absolute atomic E-state index is 12.1. The number of anilines is 4. The van der Waals surface area contributed by atoms with Gasteiger partial charge in [0.15, 0.2) is 17.3 Å². The molecule has 3 N–H and O–H groups in total. The summed E-state index contributed by atoms with van der Waals surface area (Å²) >= 11 is 0. The molecule has 0 radical (unpaired) electrons. The third-order valence-electron chi connectivity index (χ3n) is 3.83. The number of carbonyl (C=O) groups excluding carboxylic acids is 1. The molecule has 0 fully saturated rings. The van der Waals surface area contributed by atoms with Crippen LogP contribution in [0.25, 0.3) is 0 Å². The van der Waals surface area contributed by atoms with Crippen molar-refractivity contribution in [2.75, 3.05) is 24.7 Å². The van der Waals surface area contributed by atoms with Crippen LogP contribution in [0.3, 0.4) is 0 Å². The van der Waals surface area contributed by atoms with E-state index in [0.29, 0.717) is 5.69 Å². The maximum Gasteiger partial charge on any atom is 0.275 e. The Morgan fingerprint density at radius 1 is 1.08 bits per heavy atom. The monoisotopic (exact) mass is 355 g/mol. The Bertz CT molecular complexity index is 1050. The topological polar surface area (TPSA) is 117 Å². The minimum Gasteiger partial charge on any atom is -0.503 e. The van der Waals surface area contributed by atoms with Gasteiger partial charge in [-0.1, -0.05) is 18.2 Å². The molecule has 2 aromatic carbocycles. The van der Waals surface area contributed by atoms with Crippen LogP contribution >= 0.6 is 0 Å². The van der Waals surface area contributed by atoms with Crippen molar-refractivity contribution >= 4 is 28.8 Å². The Morgan fingerprint density at radius 2 is 1.65 bits per heavy atom. The van der Waals surface area contributed by atoms with E-state index in [0.717, 1.165) is 0 Å². The lowest BCUT2D eigenvalue weighted by atomic mass is 10.1. The molecule has 0 aliphatic rings. The first-order valence-corrected chi connectivity index (χ1v) is 7.71. The molecule has 1 aromatic heterocycles. The zero-order valence-electron chi connectivity index (χ0n) is 14.4. The lowest BCUT2D eigenvalue weighted by Gasteiger charge is -2.13. The number of rotatable bonds is 5. The van der Waals surface area contributed by atoms with Gasteiger partial charge in [-0.05, 0) is 12.1 Å². The molecule has 0 unspecified atom stereocenters. The van der Waals surface area contributed by atoms with Crippen LogP contribution in [-0.2, 0) is 7.05 Å². The summed E-state index contributed by atoms with van der Waals surface area (Å²) in [6.07, 6.45) is 0. The van der Waals surface area contributed by atoms with E-state index in [1.54, 1.807) is 38.4 Å². The van der Waals surface area contributed by atoms with E-state index in [1.807, 2.05) is 6.07 Å². The summed E-state index contributed by atoms with van der Waals surface area (Å²) in [7, 11) is 4.58. The number of aromatic nitrogens is 2. The minimum atomic E-state index is -0.728. The van der Waals surface area contributed by atoms with Crippen LogP contribution in [0.1, 0.15) is 10.5 Å². The van der Waals surface area contributed by atoms with Crippen LogP contribution < -0.4 is 21.5 Å². The fraction of sp³-hybridized carbons (Fsp3) is 0.176. The van der Waals surface area contributed by atoms with Gasteiger partial charge < -0.3 is 20.6 Å². The highest BCUT2D eigenvalue weighted by Gasteiger charge is 2.27. The minimum absolute atomic E-state index is 0.0175. The highest BCUT2D eigenvalue weighted by Crippen LogP contribution is 2.31. The highest BCUT2D eigenvalue weighted by atomic mass is 16.3. The van der Waals surface area contributed by atoms with Crippen molar-refractivity contribution < 1.29 is 9.90 Å². The van der Waals surface area contributed by atoms with Gasteiger partial charge in [0.05, 0.1) is 0 Å². The number of hydrogen-bond donors (Lipinski definition) is 3. The van der Waals surface area contributed by atoms with Crippen molar-refractivity contribution in [3.63, 3.8) is 0 Å². The SMILES string of the molecule is CN(C)C(=O)c1c(O)c(Nc2c(Nc3ccccc3)c(=O)c2=O)nn1C. The third-order valence-corrected chi connectivity index (χ3v) is 3.83. The fourth-order valence-electron chi connectivity index (χ4n) is 2.46. The summed E-state index contributed by atoms with van der Waals surface area (Å²) in [5.74, 6) is -0.927. The van der Waals surface area contributed by atoms with Gasteiger partial charge in [-0.25, -0.2) is 0 Å². The van der Waals surface area contributed by atoms with Crippen LogP contribution in [-0.4, -0.2) is 39.8 Å². The van der Waals surface area contributed by atoms with Gasteiger partial charge in [0.1, 0.15) is 11.4 Å². The fourth-order valence-corrected chi connectivity index (χ4v) is 2.46. The second-order valence-corrected chi connectivity index (χ2v) is 5.89. The standard InChI is InChI=1S/C17H17N5O4/c1-21(2)17(26)12-15(25)16(20-22(12)3)19-11-10(13(23)14(11)24)18-9-7-5-4-6-8-9/h4-8,18,25H,1-3H3,(H,19,20). The number of carbonyl (C=O) groups is 1. The normalized spacial score (nSPS) is 10.7. The molecular formula is C17H17N5O4. The smallest absolute Gasteiger partial charge is 0.275 e. The van der Waals surface area contributed by atoms with E-state index < -0.39 is 22.5 Å². The van der Waals surface area contributed by atoms with Crippen molar-refractivity contribution in [2.24, 2.45) is 7.05 Å². The first-order valence-electron chi connectivity index (χ1n) is 7.71. The lowest BCUT2D eigenvalue weighted by molar-refractivity contribution is 0.0814. The van der Waals surface area contributed by atoms with Crippen molar-refractivity contribution in [1.82, 2.24) is 14.7 Å². The first kappa shape index (κ1) is 17.2. The number of nitrogens with one attached hydrogen (secondary N) is 2. The molecule has 0 saturated heterocycles. The van der Waals surface area contributed by atoms with E-state index >= 15 is 0 Å². The average Bonchev–Trinajstić information content (AvgIpc) is 2.91. The molecule has 3 aromatic rings. The Kier molecular flexibility index (Phi) is 4.21. The molecule has 0 atom stereocenters. The van der Waals surface area contributed by atoms with Crippen LogP contribution in [0.2, 0.25) is 0 Å². The number of amides is 1. The molecule has 1 heterocycles. The summed E-state index contributed by atoms with van der Waals surface area (Å²) in [5.41, 5.74) is -0.738. The summed E-state index contributed by atoms with van der Waals surface area (Å²) < 4.78 is 1.20. The lowest BCUT2D eigenvalue weighted by Crippen LogP contribution is -2.35. The molecule has 0 aliphatic heterocycles. The molecule has 0 aliphatic carbocycles. The van der Waals surface area contributed by atoms with Gasteiger partial charge >= 0.3 is 0 Å². The van der Waals surface area contributed by atoms with Crippen LogP contribution in [0.4, 0.5) is 22.9 Å². The summed E-state index contributed by atoms with van der Waals surface area (Å²) in [4.78, 5) is 37.2. The average molecular weight is 355 g/mol. The molecule has 0 bridgehead atoms. The highest BCUT2D eigenvalue weighted by molar-refractivity contribution is 5.97. The van der Waals surface area contributed by atoms with E-state index in [2.05, 4.69) is 15.7 Å². The third kappa shape index (κ3) is 2.79. The van der Waals surface area contributed by atoms with Crippen molar-refractivity contribution in [1.29, 1.82) is 0 Å². The van der Waals surface area contributed by atoms with E-state index in [1.165, 1.54) is 16.6 Å². The van der Waals surface area contributed by atoms with Crippen LogP contribution in [0.5, 0.6) is 5.75 Å². The maximum atomic E-state index is 12.1. The molecule has 26 heavy (non-hydrogen) atoms. The summed E-state index contributed by atoms with van der Waals surface area (Å²) in [6.45, 7) is 0. The van der Waals surface area contributed by atoms with Gasteiger partial charge in [0, 0.05) is 26.8 Å². The predicted octanol–water partition coefficient (Wildman–Crippen LogP) is 0.911. The van der Waals surface area contributed by atoms with Gasteiger partial charge in [-0.2, -0.15) is 5.10 Å². The first-order chi connectivity index (χ1) is 12.3. The predicted molar refractivity (Wildman–Crippen MR) is 97.3 cm³/mol. The zero-order valence-corrected chi connectivity index (χ0v) is 14.4. The quantitative estimate of drug-likeness (QED) is 0.583. The number of benzene rings is 1. The molecule has 0 spiro atoms. The molecular weight excluding hydrogens is 338 g/mol. The van der Waals surface area contributed by atoms with Gasteiger partial charge in [0.2, 0.25) is 0 Å². The second kappa shape index (κ2) is 6.36. The Labute approximate surface area is 148 Å². The van der Waals surface area contributed by atoms with E-state index in [9.17, 15) is 19.5 Å². The number of nitrogens with zero attached hydrogens (tertiary/aromatic N) is 3. The van der Waals surface area contributed by atoms with Gasteiger partial charge in [-0.15, -0.1) is 0 Å². The van der Waals surface area contributed by atoms with Crippen LogP contribution in [0.15, 0.2) is 39.9 Å². The Balaban J connectivity index is 1.93. The van der Waals surface area contributed by atoms with Gasteiger partial charge in [-0.3, -0.25) is 19.1 Å². The zero-order chi connectivity index (χ0) is 19.0. The molecule has 9 heteroatoms. The molecule has 9 nitrogen and oxygen atoms in total. The second-order valence-electron chi connectivity index (χ2n) is 5.89. The largest absolute Gasteiger partial charge is 0.503 e. The Morgan fingerprint density at radius 3 is 2.23 bits per heavy atom. The molecule has 0 saturated carbocycles. The molecule has 1 amide bonds. The molecule has 3 rings (SSSR count). The van der Waals surface area contributed by atoms with Crippen LogP contribution in [0, 0.1) is 0 Å². The van der Waals surface area contributed by atoms with Crippen molar-refractivity contribution in [3.8, 4) is 5.75 Å². The number of aryl methyl sites for hydroxylation is 1. The number of aromatic hydroxyl groups is 1. The summed E-state index contributed by atoms with van der Waals surface area (Å²) in [6, 6.07) is 8.87. The Hall–Kier alpha value is -3.62. The summed E-state index contributed by atoms with van der Waals surface area (Å²) in [5, 5.41) is 19.8. The number of para-hydroxylation sites is 1. The number of hydrogen-bond acceptors (Lipinski definition) is 7. The molecule has 134 valence electrons. The van der Waals surface area contributed by atoms with E-state index in [4.69, 9.17) is 0 Å². The van der Waals surface area contributed by atoms with Crippen molar-refractivity contribution in [3.05, 3.63) is 56.5 Å². The van der Waals surface area contributed by atoms with Gasteiger partial charge in [0.25, 0.3) is 16.8 Å².